The maximum atomic E-state index is 5.76. The van der Waals surface area contributed by atoms with Crippen LogP contribution < -0.4 is 15.8 Å². The highest BCUT2D eigenvalue weighted by Crippen LogP contribution is 2.25. The molecule has 1 aromatic carbocycles. The number of ether oxygens (including phenoxy) is 1. The van der Waals surface area contributed by atoms with Gasteiger partial charge in [-0.25, -0.2) is 0 Å². The highest BCUT2D eigenvalue weighted by Gasteiger charge is 2.01. The zero-order chi connectivity index (χ0) is 12.3. The largest absolute Gasteiger partial charge is 0.495 e. The quantitative estimate of drug-likeness (QED) is 0.816. The van der Waals surface area contributed by atoms with Crippen molar-refractivity contribution in [1.29, 1.82) is 0 Å². The van der Waals surface area contributed by atoms with Crippen LogP contribution in [0.15, 0.2) is 30.3 Å². The zero-order valence-electron chi connectivity index (χ0n) is 9.99. The number of rotatable bonds is 4. The van der Waals surface area contributed by atoms with Crippen LogP contribution in [0.2, 0.25) is 0 Å². The summed E-state index contributed by atoms with van der Waals surface area (Å²) in [6.07, 6.45) is 0. The minimum absolute atomic E-state index is 0.657. The summed E-state index contributed by atoms with van der Waals surface area (Å²) in [7, 11) is 1.62. The van der Waals surface area contributed by atoms with Crippen molar-refractivity contribution in [2.75, 3.05) is 18.2 Å². The van der Waals surface area contributed by atoms with Gasteiger partial charge in [-0.05, 0) is 31.2 Å². The van der Waals surface area contributed by atoms with Crippen LogP contribution in [-0.2, 0) is 6.54 Å². The Bertz CT molecular complexity index is 508. The van der Waals surface area contributed by atoms with Crippen molar-refractivity contribution in [2.24, 2.45) is 0 Å². The topological polar surface area (TPSA) is 47.3 Å². The summed E-state index contributed by atoms with van der Waals surface area (Å²) in [5.41, 5.74) is 7.43. The van der Waals surface area contributed by atoms with Crippen LogP contribution in [0.4, 0.5) is 11.4 Å². The Hall–Kier alpha value is -1.68. The van der Waals surface area contributed by atoms with Crippen LogP contribution in [0.1, 0.15) is 9.75 Å². The molecule has 1 heterocycles. The van der Waals surface area contributed by atoms with E-state index in [1.807, 2.05) is 18.2 Å². The second-order valence-electron chi connectivity index (χ2n) is 3.82. The number of anilines is 2. The Morgan fingerprint density at radius 3 is 2.76 bits per heavy atom. The normalized spacial score (nSPS) is 10.2. The monoisotopic (exact) mass is 248 g/mol. The summed E-state index contributed by atoms with van der Waals surface area (Å²) in [6.45, 7) is 2.94. The number of aryl methyl sites for hydroxylation is 1. The molecule has 0 aliphatic carbocycles. The van der Waals surface area contributed by atoms with Crippen LogP contribution in [0.3, 0.4) is 0 Å². The zero-order valence-corrected chi connectivity index (χ0v) is 10.8. The minimum atomic E-state index is 0.657. The van der Waals surface area contributed by atoms with E-state index in [-0.39, 0.29) is 0 Å². The van der Waals surface area contributed by atoms with E-state index in [1.165, 1.54) is 9.75 Å². The molecular weight excluding hydrogens is 232 g/mol. The van der Waals surface area contributed by atoms with Crippen molar-refractivity contribution in [3.05, 3.63) is 40.1 Å². The van der Waals surface area contributed by atoms with E-state index >= 15 is 0 Å². The van der Waals surface area contributed by atoms with Crippen molar-refractivity contribution in [3.63, 3.8) is 0 Å². The fourth-order valence-corrected chi connectivity index (χ4v) is 2.42. The van der Waals surface area contributed by atoms with E-state index in [0.29, 0.717) is 11.4 Å². The summed E-state index contributed by atoms with van der Waals surface area (Å²) in [5.74, 6) is 0.706. The maximum absolute atomic E-state index is 5.76. The average Bonchev–Trinajstić information content (AvgIpc) is 2.74. The molecule has 0 aliphatic rings. The number of benzene rings is 1. The van der Waals surface area contributed by atoms with Crippen LogP contribution >= 0.6 is 11.3 Å². The summed E-state index contributed by atoms with van der Waals surface area (Å²) >= 11 is 1.80. The van der Waals surface area contributed by atoms with E-state index in [1.54, 1.807) is 18.4 Å². The van der Waals surface area contributed by atoms with Crippen LogP contribution in [-0.4, -0.2) is 7.11 Å². The van der Waals surface area contributed by atoms with E-state index < -0.39 is 0 Å². The van der Waals surface area contributed by atoms with Gasteiger partial charge in [0.15, 0.2) is 0 Å². The molecule has 0 radical (unpaired) electrons. The first-order chi connectivity index (χ1) is 8.19. The molecule has 3 nitrogen and oxygen atoms in total. The third-order valence-corrected chi connectivity index (χ3v) is 3.50. The van der Waals surface area contributed by atoms with Gasteiger partial charge in [-0.3, -0.25) is 0 Å². The first-order valence-electron chi connectivity index (χ1n) is 5.42. The lowest BCUT2D eigenvalue weighted by Gasteiger charge is -2.09. The van der Waals surface area contributed by atoms with Gasteiger partial charge < -0.3 is 15.8 Å². The molecule has 0 unspecified atom stereocenters. The fraction of sp³-hybridized carbons (Fsp3) is 0.231. The molecule has 2 rings (SSSR count). The Morgan fingerprint density at radius 1 is 1.29 bits per heavy atom. The van der Waals surface area contributed by atoms with Gasteiger partial charge in [0.25, 0.3) is 0 Å². The Labute approximate surface area is 105 Å². The van der Waals surface area contributed by atoms with Crippen LogP contribution in [0, 0.1) is 6.92 Å². The van der Waals surface area contributed by atoms with E-state index in [4.69, 9.17) is 10.5 Å². The molecule has 0 saturated heterocycles. The van der Waals surface area contributed by atoms with Gasteiger partial charge in [0.2, 0.25) is 0 Å². The molecule has 1 aromatic heterocycles. The first-order valence-corrected chi connectivity index (χ1v) is 6.23. The molecule has 0 aliphatic heterocycles. The maximum Gasteiger partial charge on any atom is 0.143 e. The van der Waals surface area contributed by atoms with Crippen LogP contribution in [0.5, 0.6) is 5.75 Å². The van der Waals surface area contributed by atoms with E-state index in [9.17, 15) is 0 Å². The molecule has 90 valence electrons. The predicted octanol–water partition coefficient (Wildman–Crippen LogP) is 3.26. The number of nitrogens with one attached hydrogen (secondary N) is 1. The highest BCUT2D eigenvalue weighted by molar-refractivity contribution is 7.11. The molecular formula is C13H16N2OS. The first kappa shape index (κ1) is 11.8. The Morgan fingerprint density at radius 2 is 2.12 bits per heavy atom. The minimum Gasteiger partial charge on any atom is -0.495 e. The number of hydrogen-bond acceptors (Lipinski definition) is 4. The van der Waals surface area contributed by atoms with Gasteiger partial charge in [0, 0.05) is 28.1 Å². The number of nitrogens with two attached hydrogens (primary N) is 1. The molecule has 0 amide bonds. The van der Waals surface area contributed by atoms with Crippen molar-refractivity contribution in [1.82, 2.24) is 0 Å². The lowest BCUT2D eigenvalue weighted by molar-refractivity contribution is 0.417. The Kier molecular flexibility index (Phi) is 3.54. The molecule has 4 heteroatoms. The molecule has 0 bridgehead atoms. The third kappa shape index (κ3) is 2.91. The number of nitrogen functional groups attached to an aromatic ring is 1. The second kappa shape index (κ2) is 5.10. The number of thiophene rings is 1. The molecule has 0 fully saturated rings. The summed E-state index contributed by atoms with van der Waals surface area (Å²) < 4.78 is 5.18. The van der Waals surface area contributed by atoms with Crippen molar-refractivity contribution in [3.8, 4) is 5.75 Å². The number of hydrogen-bond donors (Lipinski definition) is 2. The molecule has 17 heavy (non-hydrogen) atoms. The van der Waals surface area contributed by atoms with Crippen molar-refractivity contribution >= 4 is 22.7 Å². The van der Waals surface area contributed by atoms with E-state index in [2.05, 4.69) is 24.4 Å². The summed E-state index contributed by atoms with van der Waals surface area (Å²) in [6, 6.07) is 9.99. The molecule has 0 spiro atoms. The van der Waals surface area contributed by atoms with Crippen molar-refractivity contribution < 1.29 is 4.74 Å². The summed E-state index contributed by atoms with van der Waals surface area (Å²) in [4.78, 5) is 2.65. The van der Waals surface area contributed by atoms with Gasteiger partial charge in [-0.2, -0.15) is 0 Å². The van der Waals surface area contributed by atoms with Gasteiger partial charge in [-0.1, -0.05) is 0 Å². The average molecular weight is 248 g/mol. The van der Waals surface area contributed by atoms with Gasteiger partial charge in [0.1, 0.15) is 5.75 Å². The predicted molar refractivity (Wildman–Crippen MR) is 73.8 cm³/mol. The Balaban J connectivity index is 2.04. The van der Waals surface area contributed by atoms with Crippen molar-refractivity contribution in [2.45, 2.75) is 13.5 Å². The molecule has 0 atom stereocenters. The number of methoxy groups -OCH3 is 1. The van der Waals surface area contributed by atoms with Gasteiger partial charge in [0.05, 0.1) is 12.8 Å². The lowest BCUT2D eigenvalue weighted by atomic mass is 10.2. The van der Waals surface area contributed by atoms with Crippen LogP contribution in [0.25, 0.3) is 0 Å². The molecule has 2 aromatic rings. The fourth-order valence-electron chi connectivity index (χ4n) is 1.59. The van der Waals surface area contributed by atoms with Gasteiger partial charge in [-0.15, -0.1) is 11.3 Å². The third-order valence-electron chi connectivity index (χ3n) is 2.50. The van der Waals surface area contributed by atoms with Gasteiger partial charge >= 0.3 is 0 Å². The summed E-state index contributed by atoms with van der Waals surface area (Å²) in [5, 5.41) is 3.35. The molecule has 3 N–H and O–H groups in total. The highest BCUT2D eigenvalue weighted by atomic mass is 32.1. The standard InChI is InChI=1S/C13H16N2OS/c1-9-3-5-11(17-9)8-15-10-4-6-12(14)13(7-10)16-2/h3-7,15H,8,14H2,1-2H3. The SMILES string of the molecule is COc1cc(NCc2ccc(C)s2)ccc1N. The molecule has 0 saturated carbocycles. The lowest BCUT2D eigenvalue weighted by Crippen LogP contribution is -1.99. The van der Waals surface area contributed by atoms with E-state index in [0.717, 1.165) is 12.2 Å². The smallest absolute Gasteiger partial charge is 0.143 e. The second-order valence-corrected chi connectivity index (χ2v) is 5.20.